The van der Waals surface area contributed by atoms with Gasteiger partial charge in [0.25, 0.3) is 0 Å². The molecule has 2 N–H and O–H groups in total. The van der Waals surface area contributed by atoms with E-state index in [4.69, 9.17) is 0 Å². The van der Waals surface area contributed by atoms with Crippen LogP contribution in [0.15, 0.2) is 18.3 Å². The lowest BCUT2D eigenvalue weighted by Gasteiger charge is -2.28. The molecule has 2 atom stereocenters. The summed E-state index contributed by atoms with van der Waals surface area (Å²) < 4.78 is 14.0. The van der Waals surface area contributed by atoms with Gasteiger partial charge in [-0.3, -0.25) is 5.10 Å². The molecule has 0 bridgehead atoms. The van der Waals surface area contributed by atoms with Gasteiger partial charge in [0.2, 0.25) is 0 Å². The summed E-state index contributed by atoms with van der Waals surface area (Å²) in [6.45, 7) is 3.41. The number of H-pyrrole nitrogens is 1. The average Bonchev–Trinajstić information content (AvgIpc) is 2.76. The molecule has 1 unspecified atom stereocenters. The highest BCUT2D eigenvalue weighted by Gasteiger charge is 2.27. The van der Waals surface area contributed by atoms with E-state index in [1.54, 1.807) is 0 Å². The average molecular weight is 233 g/mol. The van der Waals surface area contributed by atoms with Gasteiger partial charge >= 0.3 is 0 Å². The molecule has 0 amide bonds. The fraction of sp³-hybridized carbons (Fsp3) is 0.462. The van der Waals surface area contributed by atoms with Gasteiger partial charge in [0.1, 0.15) is 6.17 Å². The number of aryl methyl sites for hydroxylation is 1. The van der Waals surface area contributed by atoms with Crippen molar-refractivity contribution < 1.29 is 4.39 Å². The van der Waals surface area contributed by atoms with Gasteiger partial charge in [-0.15, -0.1) is 0 Å². The summed E-state index contributed by atoms with van der Waals surface area (Å²) in [6, 6.07) is 4.14. The molecule has 0 saturated carbocycles. The maximum atomic E-state index is 14.0. The minimum absolute atomic E-state index is 0.0175. The molecule has 2 heterocycles. The van der Waals surface area contributed by atoms with Gasteiger partial charge in [0.15, 0.2) is 0 Å². The minimum Gasteiger partial charge on any atom is -0.314 e. The standard InChI is InChI=1S/C13H16FN3/c1-8-4-9-6-16-17-13(9)5-11(8)10-2-3-15-7-12(10)14/h4-6,10,12,15H,2-3,7H2,1H3,(H,16,17)/t10?,12-/m1/s1. The van der Waals surface area contributed by atoms with Crippen LogP contribution in [0.2, 0.25) is 0 Å². The molecule has 0 spiro atoms. The van der Waals surface area contributed by atoms with Crippen molar-refractivity contribution in [2.24, 2.45) is 0 Å². The summed E-state index contributed by atoms with van der Waals surface area (Å²) in [5, 5.41) is 11.2. The van der Waals surface area contributed by atoms with Gasteiger partial charge in [0, 0.05) is 17.8 Å². The number of hydrogen-bond donors (Lipinski definition) is 2. The van der Waals surface area contributed by atoms with Gasteiger partial charge in [0.05, 0.1) is 11.7 Å². The van der Waals surface area contributed by atoms with Gasteiger partial charge in [-0.2, -0.15) is 5.10 Å². The number of hydrogen-bond acceptors (Lipinski definition) is 2. The lowest BCUT2D eigenvalue weighted by Crippen LogP contribution is -2.36. The van der Waals surface area contributed by atoms with E-state index in [1.165, 1.54) is 0 Å². The zero-order valence-electron chi connectivity index (χ0n) is 9.83. The summed E-state index contributed by atoms with van der Waals surface area (Å²) in [4.78, 5) is 0. The molecule has 1 aromatic carbocycles. The van der Waals surface area contributed by atoms with Crippen LogP contribution in [0.4, 0.5) is 4.39 Å². The monoisotopic (exact) mass is 233 g/mol. The van der Waals surface area contributed by atoms with Crippen molar-refractivity contribution in [2.45, 2.75) is 25.4 Å². The molecule has 17 heavy (non-hydrogen) atoms. The quantitative estimate of drug-likeness (QED) is 0.793. The Morgan fingerprint density at radius 2 is 2.29 bits per heavy atom. The first-order chi connectivity index (χ1) is 8.25. The van der Waals surface area contributed by atoms with E-state index in [-0.39, 0.29) is 5.92 Å². The molecule has 3 nitrogen and oxygen atoms in total. The van der Waals surface area contributed by atoms with Crippen LogP contribution < -0.4 is 5.32 Å². The molecule has 4 heteroatoms. The highest BCUT2D eigenvalue weighted by atomic mass is 19.1. The van der Waals surface area contributed by atoms with Crippen molar-refractivity contribution in [3.63, 3.8) is 0 Å². The number of nitrogens with one attached hydrogen (secondary N) is 2. The fourth-order valence-corrected chi connectivity index (χ4v) is 2.69. The van der Waals surface area contributed by atoms with E-state index in [2.05, 4.69) is 34.6 Å². The highest BCUT2D eigenvalue weighted by molar-refractivity contribution is 5.79. The van der Waals surface area contributed by atoms with Crippen LogP contribution in [-0.4, -0.2) is 29.5 Å². The SMILES string of the molecule is Cc1cc2cn[nH]c2cc1C1CCNC[C@H]1F. The third-order valence-corrected chi connectivity index (χ3v) is 3.63. The Bertz CT molecular complexity index is 534. The first-order valence-electron chi connectivity index (χ1n) is 6.04. The predicted molar refractivity (Wildman–Crippen MR) is 66.0 cm³/mol. The summed E-state index contributed by atoms with van der Waals surface area (Å²) in [6.07, 6.45) is 1.88. The molecule has 1 aliphatic rings. The number of aromatic amines is 1. The zero-order chi connectivity index (χ0) is 11.8. The van der Waals surface area contributed by atoms with E-state index in [1.807, 2.05) is 6.20 Å². The highest BCUT2D eigenvalue weighted by Crippen LogP contribution is 2.32. The van der Waals surface area contributed by atoms with E-state index < -0.39 is 6.17 Å². The second-order valence-electron chi connectivity index (χ2n) is 4.78. The van der Waals surface area contributed by atoms with Crippen LogP contribution >= 0.6 is 0 Å². The van der Waals surface area contributed by atoms with Crippen LogP contribution in [0.3, 0.4) is 0 Å². The van der Waals surface area contributed by atoms with Crippen LogP contribution in [0.25, 0.3) is 10.9 Å². The number of piperidine rings is 1. The lowest BCUT2D eigenvalue weighted by molar-refractivity contribution is 0.231. The van der Waals surface area contributed by atoms with E-state index in [0.29, 0.717) is 6.54 Å². The van der Waals surface area contributed by atoms with Crippen molar-refractivity contribution >= 4 is 10.9 Å². The normalized spacial score (nSPS) is 25.3. The Morgan fingerprint density at radius 3 is 3.12 bits per heavy atom. The summed E-state index contributed by atoms with van der Waals surface area (Å²) >= 11 is 0. The Kier molecular flexibility index (Phi) is 2.59. The third-order valence-electron chi connectivity index (χ3n) is 3.63. The number of alkyl halides is 1. The Morgan fingerprint density at radius 1 is 1.41 bits per heavy atom. The first kappa shape index (κ1) is 10.7. The Balaban J connectivity index is 2.05. The number of halogens is 1. The fourth-order valence-electron chi connectivity index (χ4n) is 2.69. The van der Waals surface area contributed by atoms with E-state index in [0.717, 1.165) is 35.0 Å². The van der Waals surface area contributed by atoms with Crippen molar-refractivity contribution in [2.75, 3.05) is 13.1 Å². The van der Waals surface area contributed by atoms with Gasteiger partial charge < -0.3 is 5.32 Å². The minimum atomic E-state index is -0.789. The summed E-state index contributed by atoms with van der Waals surface area (Å²) in [7, 11) is 0. The van der Waals surface area contributed by atoms with E-state index >= 15 is 0 Å². The Labute approximate surface area is 99.4 Å². The second kappa shape index (κ2) is 4.11. The van der Waals surface area contributed by atoms with Gasteiger partial charge in [-0.1, -0.05) is 0 Å². The topological polar surface area (TPSA) is 40.7 Å². The Hall–Kier alpha value is -1.42. The molecule has 3 rings (SSSR count). The number of rotatable bonds is 1. The van der Waals surface area contributed by atoms with Crippen molar-refractivity contribution in [1.82, 2.24) is 15.5 Å². The molecule has 1 aromatic heterocycles. The van der Waals surface area contributed by atoms with Gasteiger partial charge in [-0.25, -0.2) is 4.39 Å². The summed E-state index contributed by atoms with van der Waals surface area (Å²) in [5.74, 6) is 0.0175. The maximum absolute atomic E-state index is 14.0. The largest absolute Gasteiger partial charge is 0.314 e. The molecule has 90 valence electrons. The van der Waals surface area contributed by atoms with Crippen LogP contribution in [0, 0.1) is 6.92 Å². The molecular formula is C13H16FN3. The molecule has 1 saturated heterocycles. The van der Waals surface area contributed by atoms with Crippen LogP contribution in [0.1, 0.15) is 23.5 Å². The van der Waals surface area contributed by atoms with E-state index in [9.17, 15) is 4.39 Å². The number of aromatic nitrogens is 2. The molecule has 2 aromatic rings. The molecule has 0 aliphatic carbocycles. The molecule has 1 fully saturated rings. The van der Waals surface area contributed by atoms with Crippen molar-refractivity contribution in [1.29, 1.82) is 0 Å². The first-order valence-corrected chi connectivity index (χ1v) is 6.04. The molecule has 0 radical (unpaired) electrons. The zero-order valence-corrected chi connectivity index (χ0v) is 9.83. The number of nitrogens with zero attached hydrogens (tertiary/aromatic N) is 1. The van der Waals surface area contributed by atoms with Gasteiger partial charge in [-0.05, 0) is 43.1 Å². The van der Waals surface area contributed by atoms with Crippen LogP contribution in [0.5, 0.6) is 0 Å². The molecule has 1 aliphatic heterocycles. The second-order valence-corrected chi connectivity index (χ2v) is 4.78. The van der Waals surface area contributed by atoms with Crippen molar-refractivity contribution in [3.8, 4) is 0 Å². The maximum Gasteiger partial charge on any atom is 0.119 e. The predicted octanol–water partition coefficient (Wildman–Crippen LogP) is 2.29. The van der Waals surface area contributed by atoms with Crippen molar-refractivity contribution in [3.05, 3.63) is 29.5 Å². The number of benzene rings is 1. The smallest absolute Gasteiger partial charge is 0.119 e. The molecular weight excluding hydrogens is 217 g/mol. The van der Waals surface area contributed by atoms with Crippen LogP contribution in [-0.2, 0) is 0 Å². The number of fused-ring (bicyclic) bond motifs is 1. The lowest BCUT2D eigenvalue weighted by atomic mass is 9.85. The third kappa shape index (κ3) is 1.82. The summed E-state index contributed by atoms with van der Waals surface area (Å²) in [5.41, 5.74) is 3.28.